The summed E-state index contributed by atoms with van der Waals surface area (Å²) in [6.45, 7) is 0.461. The summed E-state index contributed by atoms with van der Waals surface area (Å²) in [6, 6.07) is 0. The lowest BCUT2D eigenvalue weighted by molar-refractivity contribution is -0.116. The van der Waals surface area contributed by atoms with Crippen molar-refractivity contribution in [3.8, 4) is 0 Å². The lowest BCUT2D eigenvalue weighted by atomic mass is 10.3. The normalized spacial score (nSPS) is 14.0. The van der Waals surface area contributed by atoms with E-state index in [1.807, 2.05) is 5.38 Å². The monoisotopic (exact) mass is 388 g/mol. The molecular weight excluding hydrogens is 368 g/mol. The zero-order valence-electron chi connectivity index (χ0n) is 15.1. The van der Waals surface area contributed by atoms with Gasteiger partial charge in [0.25, 0.3) is 5.56 Å². The number of rotatable bonds is 6. The minimum atomic E-state index is -0.411. The number of nitrogens with one attached hydrogen (secondary N) is 1. The molecule has 1 amide bonds. The van der Waals surface area contributed by atoms with Crippen molar-refractivity contribution in [1.82, 2.24) is 23.7 Å². The van der Waals surface area contributed by atoms with E-state index >= 15 is 0 Å². The molecule has 9 nitrogen and oxygen atoms in total. The number of aryl methyl sites for hydroxylation is 2. The molecule has 0 bridgehead atoms. The number of hydrogen-bond acceptors (Lipinski definition) is 6. The number of nitrogens with zero attached hydrogens (tertiary/aromatic N) is 5. The Bertz CT molecular complexity index is 1130. The van der Waals surface area contributed by atoms with Crippen molar-refractivity contribution in [2.24, 2.45) is 14.1 Å². The minimum absolute atomic E-state index is 0.101. The average molecular weight is 388 g/mol. The van der Waals surface area contributed by atoms with Crippen molar-refractivity contribution in [2.45, 2.75) is 38.1 Å². The van der Waals surface area contributed by atoms with E-state index in [4.69, 9.17) is 0 Å². The van der Waals surface area contributed by atoms with Crippen LogP contribution in [-0.4, -0.2) is 29.6 Å². The number of carbonyl (C=O) groups is 1. The maximum Gasteiger partial charge on any atom is 0.332 e. The van der Waals surface area contributed by atoms with E-state index in [1.165, 1.54) is 42.1 Å². The van der Waals surface area contributed by atoms with Gasteiger partial charge in [-0.05, 0) is 19.3 Å². The van der Waals surface area contributed by atoms with Gasteiger partial charge in [-0.25, -0.2) is 14.8 Å². The molecule has 1 aliphatic carbocycles. The highest BCUT2D eigenvalue weighted by atomic mass is 32.1. The Hall–Kier alpha value is -2.75. The molecule has 4 rings (SSSR count). The van der Waals surface area contributed by atoms with Crippen molar-refractivity contribution in [3.05, 3.63) is 38.2 Å². The van der Waals surface area contributed by atoms with Crippen LogP contribution < -0.4 is 16.6 Å². The lowest BCUT2D eigenvalue weighted by Gasteiger charge is -2.06. The molecule has 3 aromatic heterocycles. The van der Waals surface area contributed by atoms with Gasteiger partial charge >= 0.3 is 5.69 Å². The highest BCUT2D eigenvalue weighted by molar-refractivity contribution is 7.13. The quantitative estimate of drug-likeness (QED) is 0.683. The molecule has 1 fully saturated rings. The summed E-state index contributed by atoms with van der Waals surface area (Å²) in [4.78, 5) is 45.1. The Labute approximate surface area is 158 Å². The third kappa shape index (κ3) is 3.32. The Kier molecular flexibility index (Phi) is 4.42. The van der Waals surface area contributed by atoms with Crippen LogP contribution in [0.1, 0.15) is 37.3 Å². The largest absolute Gasteiger partial charge is 0.332 e. The fourth-order valence-electron chi connectivity index (χ4n) is 3.07. The molecule has 0 aliphatic heterocycles. The van der Waals surface area contributed by atoms with Gasteiger partial charge in [0.2, 0.25) is 5.91 Å². The molecular formula is C17H20N6O3S. The second-order valence-electron chi connectivity index (χ2n) is 6.82. The number of anilines is 1. The molecule has 27 heavy (non-hydrogen) atoms. The first-order valence-corrected chi connectivity index (χ1v) is 9.70. The predicted molar refractivity (Wildman–Crippen MR) is 102 cm³/mol. The van der Waals surface area contributed by atoms with E-state index < -0.39 is 5.69 Å². The van der Waals surface area contributed by atoms with E-state index in [2.05, 4.69) is 15.3 Å². The molecule has 0 aromatic carbocycles. The van der Waals surface area contributed by atoms with Crippen LogP contribution >= 0.6 is 11.3 Å². The van der Waals surface area contributed by atoms with Gasteiger partial charge in [-0.1, -0.05) is 0 Å². The van der Waals surface area contributed by atoms with Crippen LogP contribution in [0.2, 0.25) is 0 Å². The molecule has 1 saturated carbocycles. The van der Waals surface area contributed by atoms with Crippen LogP contribution in [-0.2, 0) is 25.4 Å². The van der Waals surface area contributed by atoms with Gasteiger partial charge in [-0.15, -0.1) is 11.3 Å². The molecule has 0 radical (unpaired) electrons. The van der Waals surface area contributed by atoms with Crippen molar-refractivity contribution >= 4 is 33.5 Å². The highest BCUT2D eigenvalue weighted by Crippen LogP contribution is 2.40. The van der Waals surface area contributed by atoms with Crippen LogP contribution in [0.25, 0.3) is 11.2 Å². The molecule has 0 saturated heterocycles. The smallest absolute Gasteiger partial charge is 0.325 e. The lowest BCUT2D eigenvalue weighted by Crippen LogP contribution is -2.37. The summed E-state index contributed by atoms with van der Waals surface area (Å²) in [5, 5.41) is 5.47. The number of thiazole rings is 1. The second-order valence-corrected chi connectivity index (χ2v) is 7.68. The zero-order chi connectivity index (χ0) is 19.1. The molecule has 1 aliphatic rings. The fourth-order valence-corrected chi connectivity index (χ4v) is 3.88. The average Bonchev–Trinajstić information content (AvgIpc) is 3.25. The minimum Gasteiger partial charge on any atom is -0.325 e. The van der Waals surface area contributed by atoms with Gasteiger partial charge < -0.3 is 9.88 Å². The summed E-state index contributed by atoms with van der Waals surface area (Å²) in [7, 11) is 3.03. The van der Waals surface area contributed by atoms with Gasteiger partial charge in [0.1, 0.15) is 0 Å². The number of amides is 1. The maximum absolute atomic E-state index is 12.4. The molecule has 3 aromatic rings. The molecule has 0 unspecified atom stereocenters. The second kappa shape index (κ2) is 6.76. The maximum atomic E-state index is 12.4. The van der Waals surface area contributed by atoms with Gasteiger partial charge in [0, 0.05) is 38.4 Å². The molecule has 10 heteroatoms. The van der Waals surface area contributed by atoms with Gasteiger partial charge in [-0.3, -0.25) is 18.7 Å². The molecule has 142 valence electrons. The standard InChI is InChI=1S/C17H20N6O3S/c1-21-14-13(15(25)22(2)17(21)26)23(9-18-14)7-3-4-12(24)20-16-19-11(8-27-16)10-5-6-10/h8-10H,3-7H2,1-2H3,(H,19,20,24). The van der Waals surface area contributed by atoms with Crippen molar-refractivity contribution in [3.63, 3.8) is 0 Å². The third-order valence-corrected chi connectivity index (χ3v) is 5.56. The van der Waals surface area contributed by atoms with E-state index in [1.54, 1.807) is 11.6 Å². The number of hydrogen-bond donors (Lipinski definition) is 1. The van der Waals surface area contributed by atoms with E-state index in [-0.39, 0.29) is 11.5 Å². The summed E-state index contributed by atoms with van der Waals surface area (Å²) >= 11 is 1.45. The zero-order valence-corrected chi connectivity index (χ0v) is 16.0. The summed E-state index contributed by atoms with van der Waals surface area (Å²) in [6.07, 6.45) is 4.75. The number of aromatic nitrogens is 5. The van der Waals surface area contributed by atoms with Crippen LogP contribution in [0.3, 0.4) is 0 Å². The fraction of sp³-hybridized carbons (Fsp3) is 0.471. The number of carbonyl (C=O) groups excluding carboxylic acids is 1. The van der Waals surface area contributed by atoms with Gasteiger partial charge in [0.15, 0.2) is 16.3 Å². The highest BCUT2D eigenvalue weighted by Gasteiger charge is 2.26. The van der Waals surface area contributed by atoms with Crippen molar-refractivity contribution in [2.75, 3.05) is 5.32 Å². The molecule has 0 atom stereocenters. The number of imidazole rings is 1. The van der Waals surface area contributed by atoms with E-state index in [0.29, 0.717) is 41.6 Å². The van der Waals surface area contributed by atoms with Gasteiger partial charge in [0.05, 0.1) is 12.0 Å². The first-order valence-electron chi connectivity index (χ1n) is 8.82. The van der Waals surface area contributed by atoms with Crippen molar-refractivity contribution < 1.29 is 4.79 Å². The van der Waals surface area contributed by atoms with Gasteiger partial charge in [-0.2, -0.15) is 0 Å². The van der Waals surface area contributed by atoms with E-state index in [0.717, 1.165) is 10.3 Å². The Morgan fingerprint density at radius 1 is 1.30 bits per heavy atom. The summed E-state index contributed by atoms with van der Waals surface area (Å²) in [5.41, 5.74) is 0.996. The van der Waals surface area contributed by atoms with Crippen LogP contribution in [0, 0.1) is 0 Å². The molecule has 3 heterocycles. The summed E-state index contributed by atoms with van der Waals surface area (Å²) in [5.74, 6) is 0.469. The predicted octanol–water partition coefficient (Wildman–Crippen LogP) is 1.19. The molecule has 1 N–H and O–H groups in total. The molecule has 0 spiro atoms. The van der Waals surface area contributed by atoms with Crippen LogP contribution in [0.15, 0.2) is 21.3 Å². The topological polar surface area (TPSA) is 104 Å². The van der Waals surface area contributed by atoms with Crippen LogP contribution in [0.4, 0.5) is 5.13 Å². The number of fused-ring (bicyclic) bond motifs is 1. The van der Waals surface area contributed by atoms with Crippen molar-refractivity contribution in [1.29, 1.82) is 0 Å². The SMILES string of the molecule is Cn1c(=O)c2c(ncn2CCCC(=O)Nc2nc(C3CC3)cs2)n(C)c1=O. The van der Waals surface area contributed by atoms with Crippen LogP contribution in [0.5, 0.6) is 0 Å². The third-order valence-electron chi connectivity index (χ3n) is 4.78. The summed E-state index contributed by atoms with van der Waals surface area (Å²) < 4.78 is 4.10. The first-order chi connectivity index (χ1) is 13.0. The first kappa shape index (κ1) is 17.7. The Morgan fingerprint density at radius 3 is 2.81 bits per heavy atom. The Morgan fingerprint density at radius 2 is 2.07 bits per heavy atom. The Balaban J connectivity index is 1.40. The van der Waals surface area contributed by atoms with E-state index in [9.17, 15) is 14.4 Å².